The van der Waals surface area contributed by atoms with Gasteiger partial charge in [-0.05, 0) is 61.9 Å². The van der Waals surface area contributed by atoms with Crippen molar-refractivity contribution in [3.8, 4) is 0 Å². The molecule has 1 aliphatic carbocycles. The Kier molecular flexibility index (Phi) is 6.07. The Morgan fingerprint density at radius 2 is 2.19 bits per heavy atom. The fraction of sp³-hybridized carbons (Fsp3) is 0.588. The summed E-state index contributed by atoms with van der Waals surface area (Å²) in [6, 6.07) is 3.69. The first-order valence-electron chi connectivity index (χ1n) is 7.76. The number of nitrogens with zero attached hydrogens (tertiary/aromatic N) is 1. The van der Waals surface area contributed by atoms with Crippen LogP contribution >= 0.6 is 12.4 Å². The molecule has 0 radical (unpaired) electrons. The van der Waals surface area contributed by atoms with Crippen molar-refractivity contribution in [1.29, 1.82) is 0 Å². The molecule has 1 saturated carbocycles. The van der Waals surface area contributed by atoms with Crippen LogP contribution in [0.3, 0.4) is 0 Å². The molecule has 0 amide bonds. The Hall–Kier alpha value is -1.06. The van der Waals surface area contributed by atoms with Crippen molar-refractivity contribution in [2.75, 3.05) is 19.6 Å². The number of rotatable bonds is 5. The molecule has 0 spiro atoms. The maximum Gasteiger partial charge on any atom is 0.157 e. The molecular formula is C17H24ClNO2. The average molecular weight is 310 g/mol. The van der Waals surface area contributed by atoms with Gasteiger partial charge >= 0.3 is 0 Å². The van der Waals surface area contributed by atoms with E-state index >= 15 is 0 Å². The number of allylic oxidation sites excluding steroid dienone is 1. The van der Waals surface area contributed by atoms with Gasteiger partial charge in [0.05, 0.1) is 6.26 Å². The lowest BCUT2D eigenvalue weighted by Gasteiger charge is -2.23. The molecule has 0 aromatic carbocycles. The summed E-state index contributed by atoms with van der Waals surface area (Å²) in [5.41, 5.74) is 0. The standard InChI is InChI=1S/C17H23NO2.ClH/c19-16(5-6-17-2-1-11-20-17)8-10-18-9-7-14-3-4-15(12-14)13-18;/h1-2,5-6,11,14-15H,3-4,7-10,12-13H2;1H/b6-5+;. The van der Waals surface area contributed by atoms with E-state index in [0.717, 1.165) is 24.1 Å². The first-order chi connectivity index (χ1) is 9.79. The van der Waals surface area contributed by atoms with Gasteiger partial charge in [-0.3, -0.25) is 4.79 Å². The Labute approximate surface area is 132 Å². The molecule has 2 bridgehead atoms. The van der Waals surface area contributed by atoms with Gasteiger partial charge in [0.1, 0.15) is 5.76 Å². The molecule has 3 nitrogen and oxygen atoms in total. The van der Waals surface area contributed by atoms with Gasteiger partial charge in [-0.15, -0.1) is 12.4 Å². The summed E-state index contributed by atoms with van der Waals surface area (Å²) in [5.74, 6) is 2.78. The smallest absolute Gasteiger partial charge is 0.157 e. The summed E-state index contributed by atoms with van der Waals surface area (Å²) < 4.78 is 5.18. The molecule has 4 heteroatoms. The zero-order valence-corrected chi connectivity index (χ0v) is 13.2. The fourth-order valence-corrected chi connectivity index (χ4v) is 3.54. The summed E-state index contributed by atoms with van der Waals surface area (Å²) in [6.45, 7) is 3.28. The quantitative estimate of drug-likeness (QED) is 0.776. The SMILES string of the molecule is Cl.O=C(/C=C/c1ccco1)CCN1CCC2CCC(C2)C1. The van der Waals surface area contributed by atoms with Crippen molar-refractivity contribution >= 4 is 24.3 Å². The van der Waals surface area contributed by atoms with E-state index in [1.54, 1.807) is 18.4 Å². The van der Waals surface area contributed by atoms with Crippen LogP contribution in [0.25, 0.3) is 6.08 Å². The summed E-state index contributed by atoms with van der Waals surface area (Å²) >= 11 is 0. The van der Waals surface area contributed by atoms with E-state index in [0.29, 0.717) is 6.42 Å². The monoisotopic (exact) mass is 309 g/mol. The zero-order chi connectivity index (χ0) is 13.8. The van der Waals surface area contributed by atoms with E-state index in [4.69, 9.17) is 4.42 Å². The second-order valence-electron chi connectivity index (χ2n) is 6.20. The number of furan rings is 1. The van der Waals surface area contributed by atoms with E-state index in [9.17, 15) is 4.79 Å². The summed E-state index contributed by atoms with van der Waals surface area (Å²) in [6.07, 6.45) is 11.2. The van der Waals surface area contributed by atoms with Gasteiger partial charge in [-0.1, -0.05) is 6.42 Å². The van der Waals surface area contributed by atoms with Crippen molar-refractivity contribution in [1.82, 2.24) is 4.90 Å². The van der Waals surface area contributed by atoms with Gasteiger partial charge in [-0.2, -0.15) is 0 Å². The van der Waals surface area contributed by atoms with Gasteiger partial charge in [0, 0.05) is 19.5 Å². The second-order valence-corrected chi connectivity index (χ2v) is 6.20. The number of fused-ring (bicyclic) bond motifs is 2. The molecule has 2 atom stereocenters. The first-order valence-corrected chi connectivity index (χ1v) is 7.76. The maximum atomic E-state index is 11.9. The highest BCUT2D eigenvalue weighted by Gasteiger charge is 2.29. The zero-order valence-electron chi connectivity index (χ0n) is 12.4. The minimum Gasteiger partial charge on any atom is -0.465 e. The number of carbonyl (C=O) groups is 1. The molecule has 116 valence electrons. The van der Waals surface area contributed by atoms with Crippen LogP contribution in [0.2, 0.25) is 0 Å². The highest BCUT2D eigenvalue weighted by molar-refractivity contribution is 5.93. The molecule has 1 saturated heterocycles. The molecule has 2 unspecified atom stereocenters. The van der Waals surface area contributed by atoms with Crippen LogP contribution in [0.5, 0.6) is 0 Å². The number of hydrogen-bond acceptors (Lipinski definition) is 3. The summed E-state index contributed by atoms with van der Waals surface area (Å²) in [7, 11) is 0. The second kappa shape index (κ2) is 7.81. The van der Waals surface area contributed by atoms with Crippen LogP contribution in [-0.4, -0.2) is 30.3 Å². The Morgan fingerprint density at radius 3 is 3.00 bits per heavy atom. The van der Waals surface area contributed by atoms with E-state index in [1.807, 2.05) is 12.1 Å². The fourth-order valence-electron chi connectivity index (χ4n) is 3.54. The molecule has 0 N–H and O–H groups in total. The van der Waals surface area contributed by atoms with Gasteiger partial charge in [0.25, 0.3) is 0 Å². The molecule has 1 aromatic rings. The van der Waals surface area contributed by atoms with Crippen molar-refractivity contribution in [2.24, 2.45) is 11.8 Å². The predicted molar refractivity (Wildman–Crippen MR) is 86.5 cm³/mol. The van der Waals surface area contributed by atoms with E-state index in [2.05, 4.69) is 4.90 Å². The van der Waals surface area contributed by atoms with Crippen molar-refractivity contribution in [2.45, 2.75) is 32.1 Å². The lowest BCUT2D eigenvalue weighted by atomic mass is 10.0. The van der Waals surface area contributed by atoms with E-state index in [-0.39, 0.29) is 18.2 Å². The normalized spacial score (nSPS) is 25.7. The molecule has 2 fully saturated rings. The largest absolute Gasteiger partial charge is 0.465 e. The highest BCUT2D eigenvalue weighted by atomic mass is 35.5. The number of hydrogen-bond donors (Lipinski definition) is 0. The van der Waals surface area contributed by atoms with E-state index in [1.165, 1.54) is 38.8 Å². The van der Waals surface area contributed by atoms with Crippen molar-refractivity contribution < 1.29 is 9.21 Å². The van der Waals surface area contributed by atoms with Gasteiger partial charge < -0.3 is 9.32 Å². The molecule has 2 heterocycles. The molecular weight excluding hydrogens is 286 g/mol. The summed E-state index contributed by atoms with van der Waals surface area (Å²) in [5, 5.41) is 0. The first kappa shape index (κ1) is 16.3. The number of ketones is 1. The number of likely N-dealkylation sites (tertiary alicyclic amines) is 1. The third-order valence-corrected chi connectivity index (χ3v) is 4.67. The van der Waals surface area contributed by atoms with Gasteiger partial charge in [0.15, 0.2) is 5.78 Å². The van der Waals surface area contributed by atoms with Gasteiger partial charge in [-0.25, -0.2) is 0 Å². The average Bonchev–Trinajstić information content (AvgIpc) is 3.05. The Bertz CT molecular complexity index is 469. The van der Waals surface area contributed by atoms with Crippen LogP contribution in [0.4, 0.5) is 0 Å². The van der Waals surface area contributed by atoms with Crippen LogP contribution in [-0.2, 0) is 4.79 Å². The molecule has 21 heavy (non-hydrogen) atoms. The molecule has 1 aromatic heterocycles. The molecule has 1 aliphatic heterocycles. The predicted octanol–water partition coefficient (Wildman–Crippen LogP) is 3.80. The van der Waals surface area contributed by atoms with Crippen LogP contribution in [0.1, 0.15) is 37.9 Å². The molecule has 3 rings (SSSR count). The minimum atomic E-state index is 0. The third-order valence-electron chi connectivity index (χ3n) is 4.67. The van der Waals surface area contributed by atoms with Crippen LogP contribution < -0.4 is 0 Å². The maximum absolute atomic E-state index is 11.9. The summed E-state index contributed by atoms with van der Waals surface area (Å²) in [4.78, 5) is 14.4. The minimum absolute atomic E-state index is 0. The lowest BCUT2D eigenvalue weighted by molar-refractivity contribution is -0.114. The Balaban J connectivity index is 0.00000161. The number of carbonyl (C=O) groups excluding carboxylic acids is 1. The number of halogens is 1. The van der Waals surface area contributed by atoms with Crippen LogP contribution in [0, 0.1) is 11.8 Å². The highest BCUT2D eigenvalue weighted by Crippen LogP contribution is 2.36. The van der Waals surface area contributed by atoms with Crippen molar-refractivity contribution in [3.63, 3.8) is 0 Å². The Morgan fingerprint density at radius 1 is 1.33 bits per heavy atom. The van der Waals surface area contributed by atoms with Gasteiger partial charge in [0.2, 0.25) is 0 Å². The van der Waals surface area contributed by atoms with E-state index < -0.39 is 0 Å². The topological polar surface area (TPSA) is 33.5 Å². The molecule has 2 aliphatic rings. The third kappa shape index (κ3) is 4.72. The lowest BCUT2D eigenvalue weighted by Crippen LogP contribution is -2.31. The van der Waals surface area contributed by atoms with Crippen LogP contribution in [0.15, 0.2) is 28.9 Å². The van der Waals surface area contributed by atoms with Crippen molar-refractivity contribution in [3.05, 3.63) is 30.2 Å².